The molecule has 0 atom stereocenters. The van der Waals surface area contributed by atoms with Crippen LogP contribution in [-0.4, -0.2) is 19.9 Å². The minimum atomic E-state index is -0.777. The molecule has 12 heteroatoms. The van der Waals surface area contributed by atoms with Gasteiger partial charge in [0.1, 0.15) is 28.2 Å². The van der Waals surface area contributed by atoms with E-state index in [1.54, 1.807) is 0 Å². The number of aromatic nitrogens is 8. The third kappa shape index (κ3) is 16.3. The fraction of sp³-hybridized carbons (Fsp3) is 0.407. The lowest BCUT2D eigenvalue weighted by Crippen LogP contribution is -2.31. The van der Waals surface area contributed by atoms with E-state index in [2.05, 4.69) is 293 Å². The number of benzene rings is 4. The van der Waals surface area contributed by atoms with E-state index in [9.17, 15) is 0 Å². The first-order valence-electron chi connectivity index (χ1n) is 46.7. The van der Waals surface area contributed by atoms with Crippen molar-refractivity contribution in [1.82, 2.24) is 19.9 Å². The van der Waals surface area contributed by atoms with Gasteiger partial charge in [0, 0.05) is 125 Å². The summed E-state index contributed by atoms with van der Waals surface area (Å²) in [5.74, 6) is -1.99. The van der Waals surface area contributed by atoms with Crippen LogP contribution in [0.2, 0.25) is 0 Å². The molecule has 4 aliphatic rings. The number of hydrogen-bond donors (Lipinski definition) is 0. The summed E-state index contributed by atoms with van der Waals surface area (Å²) in [5, 5.41) is 8.51. The van der Waals surface area contributed by atoms with Crippen LogP contribution in [0, 0.1) is 39.0 Å². The van der Waals surface area contributed by atoms with Gasteiger partial charge in [-0.3, -0.25) is 0 Å². The van der Waals surface area contributed by atoms with Crippen molar-refractivity contribution in [1.29, 1.82) is 0 Å². The molecule has 616 valence electrons. The summed E-state index contributed by atoms with van der Waals surface area (Å²) in [6.45, 7) is 29.8. The highest BCUT2D eigenvalue weighted by molar-refractivity contribution is 6.12. The predicted molar refractivity (Wildman–Crippen MR) is 491 cm³/mol. The second-order valence-corrected chi connectivity index (χ2v) is 37.8. The van der Waals surface area contributed by atoms with Crippen molar-refractivity contribution in [2.24, 2.45) is 39.5 Å². The Bertz CT molecular complexity index is 6660. The highest BCUT2D eigenvalue weighted by atomic mass is 16.4. The van der Waals surface area contributed by atoms with Crippen molar-refractivity contribution in [2.45, 2.75) is 247 Å². The second-order valence-electron chi connectivity index (χ2n) is 37.8. The minimum Gasteiger partial charge on any atom is -0.437 e. The largest absolute Gasteiger partial charge is 0.437 e. The number of hydrogen-bond acceptors (Lipinski definition) is 8. The van der Waals surface area contributed by atoms with Crippen LogP contribution in [0.4, 0.5) is 0 Å². The molecule has 4 aliphatic carbocycles. The molecule has 4 fully saturated rings. The maximum atomic E-state index is 8.88. The molecule has 12 nitrogen and oxygen atoms in total. The van der Waals surface area contributed by atoms with Gasteiger partial charge in [0.15, 0.2) is 47.1 Å². The number of pyridine rings is 8. The highest BCUT2D eigenvalue weighted by Crippen LogP contribution is 2.45. The van der Waals surface area contributed by atoms with Crippen molar-refractivity contribution in [3.8, 4) is 45.0 Å². The van der Waals surface area contributed by atoms with E-state index in [0.717, 1.165) is 277 Å². The Balaban J connectivity index is 0.000000118. The van der Waals surface area contributed by atoms with Gasteiger partial charge in [-0.15, -0.1) is 0 Å². The molecule has 12 heterocycles. The molecule has 0 radical (unpaired) electrons. The van der Waals surface area contributed by atoms with E-state index in [1.807, 2.05) is 26.0 Å². The molecule has 0 spiro atoms. The maximum Gasteiger partial charge on any atom is 0.227 e. The summed E-state index contributed by atoms with van der Waals surface area (Å²) < 4.78 is 77.9. The quantitative estimate of drug-likeness (QED) is 0.111. The molecule has 16 aromatic rings. The van der Waals surface area contributed by atoms with Crippen LogP contribution in [0.5, 0.6) is 0 Å². The third-order valence-electron chi connectivity index (χ3n) is 25.6. The smallest absolute Gasteiger partial charge is 0.227 e. The molecule has 12 aromatic heterocycles. The van der Waals surface area contributed by atoms with Crippen LogP contribution in [-0.2, 0) is 46.4 Å². The van der Waals surface area contributed by atoms with E-state index in [-0.39, 0.29) is 10.8 Å². The van der Waals surface area contributed by atoms with Gasteiger partial charge in [-0.1, -0.05) is 169 Å². The topological polar surface area (TPSA) is 120 Å². The first-order chi connectivity index (χ1) is 59.3. The summed E-state index contributed by atoms with van der Waals surface area (Å²) in [7, 11) is 8.29. The second kappa shape index (κ2) is 33.4. The Morgan fingerprint density at radius 2 is 0.633 bits per heavy atom. The molecule has 0 saturated heterocycles. The van der Waals surface area contributed by atoms with Crippen molar-refractivity contribution < 1.29 is 42.8 Å². The molecule has 120 heavy (non-hydrogen) atoms. The minimum absolute atomic E-state index is 0.0271. The fourth-order valence-corrected chi connectivity index (χ4v) is 19.2. The van der Waals surface area contributed by atoms with Crippen molar-refractivity contribution in [2.75, 3.05) is 0 Å². The first kappa shape index (κ1) is 75.5. The van der Waals surface area contributed by atoms with Gasteiger partial charge in [-0.05, 0) is 228 Å². The standard InChI is InChI=1S/C28H33N2O.2C27H31N2O.C26H29N2O/c1-18-10-13-22-23-14-12-21(16-28(2,3)4)29-27(23)31-26(22)25(18)24-15-11-20(17-30(24)5)19-8-6-7-9-19;1-17-10-12-20-21-13-15-23(27(2,3)4)28-26(21)30-25(20)24(17)22-14-11-19(16-29(22)5)18-8-6-7-9-18;1-17(2)15-21-11-13-23-22-12-9-18(3)25(26(22)30-27(23)28-21)24-14-10-20(16-29(24)4)19-7-5-6-8-19;1-16(2)22-13-12-21-20-11-9-17(3)24(25(20)29-26(21)27-22)23-14-10-19(15-28(23)4)18-7-5-6-8-18/h10-15,17,19H,6-9,16H2,1-5H3;10-16,18H,6-9H2,1-5H3;9-14,16-17,19H,5-8,15H2,1-4H3;9-16,18H,5-8H2,1-4H3/q4*+1/i19D;18D;19D;16D,18D. The molecule has 20 rings (SSSR count). The van der Waals surface area contributed by atoms with Gasteiger partial charge in [-0.2, -0.15) is 0 Å². The van der Waals surface area contributed by atoms with E-state index in [0.29, 0.717) is 28.8 Å². The lowest BCUT2D eigenvalue weighted by Gasteiger charge is -2.16. The zero-order valence-electron chi connectivity index (χ0n) is 79.2. The van der Waals surface area contributed by atoms with E-state index in [4.69, 9.17) is 39.5 Å². The molecular formula is C108H124N8O4+4. The molecule has 0 amide bonds. The number of aryl methyl sites for hydroxylation is 8. The predicted octanol–water partition coefficient (Wildman–Crippen LogP) is 27.0. The van der Waals surface area contributed by atoms with Crippen LogP contribution in [0.1, 0.15) is 276 Å². The summed E-state index contributed by atoms with van der Waals surface area (Å²) in [6.07, 6.45) is 27.2. The van der Waals surface area contributed by atoms with Gasteiger partial charge in [0.25, 0.3) is 0 Å². The molecule has 0 N–H and O–H groups in total. The number of nitrogens with zero attached hydrogens (tertiary/aromatic N) is 8. The van der Waals surface area contributed by atoms with Crippen LogP contribution in [0.15, 0.2) is 188 Å². The average Bonchev–Trinajstić information content (AvgIpc) is 1.62. The van der Waals surface area contributed by atoms with Crippen LogP contribution in [0.25, 0.3) is 133 Å². The Kier molecular flexibility index (Phi) is 21.0. The zero-order valence-corrected chi connectivity index (χ0v) is 74.2. The number of furan rings is 4. The monoisotopic (exact) mass is 1600 g/mol. The van der Waals surface area contributed by atoms with Crippen LogP contribution < -0.4 is 18.3 Å². The first-order valence-corrected chi connectivity index (χ1v) is 44.2. The lowest BCUT2D eigenvalue weighted by molar-refractivity contribution is -0.661. The van der Waals surface area contributed by atoms with E-state index < -0.39 is 29.5 Å². The SMILES string of the molecule is [2H]C(C)(C)c1ccc2c(n1)oc1c(-c3ccc(C4([2H])CCCC4)c[n+]3C)c(C)ccc12.[2H]C1(c2ccc(-c3c(C)ccc4c3oc3nc(C(C)(C)C)ccc34)[n+](C)c2)CCCC1.[2H]C1(c2ccc(-c3c(C)ccc4c3oc3nc(CC(C)(C)C)ccc34)[n+](C)c2)CCCC1.[2H]C1(c2ccc(-c3c(C)ccc4c3oc3nc(CC(C)C)ccc34)[n+](C)c2)CCCC1. The molecule has 4 saturated carbocycles. The Labute approximate surface area is 716 Å². The molecule has 4 aromatic carbocycles. The average molecular weight is 1600 g/mol. The number of rotatable bonds is 12. The summed E-state index contributed by atoms with van der Waals surface area (Å²) >= 11 is 0. The Morgan fingerprint density at radius 1 is 0.350 bits per heavy atom. The molecule has 0 unspecified atom stereocenters. The normalized spacial score (nSPS) is 17.0. The Hall–Kier alpha value is -10.7. The van der Waals surface area contributed by atoms with E-state index >= 15 is 0 Å². The van der Waals surface area contributed by atoms with Gasteiger partial charge in [-0.25, -0.2) is 38.2 Å². The maximum absolute atomic E-state index is 8.88. The highest BCUT2D eigenvalue weighted by Gasteiger charge is 2.32. The fourth-order valence-electron chi connectivity index (χ4n) is 19.2. The van der Waals surface area contributed by atoms with Crippen LogP contribution in [0.3, 0.4) is 0 Å². The number of fused-ring (bicyclic) bond motifs is 12. The zero-order chi connectivity index (χ0) is 88.4. The summed E-state index contributed by atoms with van der Waals surface area (Å²) in [4.78, 5) is 19.2. The third-order valence-corrected chi connectivity index (χ3v) is 25.6. The van der Waals surface area contributed by atoms with Gasteiger partial charge < -0.3 is 17.7 Å². The van der Waals surface area contributed by atoms with Gasteiger partial charge in [0.05, 0.1) is 22.3 Å². The van der Waals surface area contributed by atoms with Crippen molar-refractivity contribution in [3.63, 3.8) is 0 Å². The van der Waals surface area contributed by atoms with Crippen molar-refractivity contribution >= 4 is 88.3 Å². The summed E-state index contributed by atoms with van der Waals surface area (Å²) in [6, 6.07) is 51.1. The van der Waals surface area contributed by atoms with Gasteiger partial charge >= 0.3 is 0 Å². The van der Waals surface area contributed by atoms with Gasteiger partial charge in [0.2, 0.25) is 45.6 Å². The van der Waals surface area contributed by atoms with Crippen LogP contribution >= 0.6 is 0 Å². The molecule has 0 bridgehead atoms. The molecular weight excluding hydrogens is 1470 g/mol. The molecule has 0 aliphatic heterocycles. The van der Waals surface area contributed by atoms with E-state index in [1.165, 1.54) is 16.7 Å². The lowest BCUT2D eigenvalue weighted by atomic mass is 9.90. The Morgan fingerprint density at radius 3 is 0.933 bits per heavy atom. The van der Waals surface area contributed by atoms with Crippen molar-refractivity contribution in [3.05, 3.63) is 238 Å². The summed E-state index contributed by atoms with van der Waals surface area (Å²) in [5.41, 5.74) is 28.1.